The van der Waals surface area contributed by atoms with Crippen molar-refractivity contribution in [3.05, 3.63) is 0 Å². The maximum absolute atomic E-state index is 12.6. The normalized spacial score (nSPS) is 25.0. The molecule has 0 amide bonds. The van der Waals surface area contributed by atoms with Gasteiger partial charge in [-0.15, -0.1) is 0 Å². The molecule has 0 aromatic carbocycles. The van der Waals surface area contributed by atoms with E-state index in [0.29, 0.717) is 11.9 Å². The molecule has 0 aromatic heterocycles. The Hall–Kier alpha value is 0.300. The van der Waals surface area contributed by atoms with Crippen molar-refractivity contribution in [1.82, 2.24) is 0 Å². The fraction of sp³-hybridized carbons (Fsp3) is 1.00. The first kappa shape index (κ1) is 10.4. The second kappa shape index (κ2) is 3.58. The largest absolute Gasteiger partial charge is 0.385 e. The van der Waals surface area contributed by atoms with Crippen LogP contribution in [0.25, 0.3) is 0 Å². The number of ether oxygens (including phenoxy) is 1. The maximum Gasteiger partial charge on any atom is 0.249 e. The molecule has 0 unspecified atom stereocenters. The third-order valence-electron chi connectivity index (χ3n) is 2.39. The minimum atomic E-state index is -2.43. The lowest BCUT2D eigenvalue weighted by Gasteiger charge is -2.46. The number of alkyl halides is 3. The van der Waals surface area contributed by atoms with Gasteiger partial charge in [-0.05, 0) is 11.8 Å². The van der Waals surface area contributed by atoms with E-state index < -0.39 is 5.92 Å². The Morgan fingerprint density at radius 1 is 1.42 bits per heavy atom. The molecule has 72 valence electrons. The highest BCUT2D eigenvalue weighted by molar-refractivity contribution is 9.09. The van der Waals surface area contributed by atoms with Gasteiger partial charge in [0, 0.05) is 31.9 Å². The fourth-order valence-electron chi connectivity index (χ4n) is 1.70. The molecule has 4 heteroatoms. The van der Waals surface area contributed by atoms with E-state index in [9.17, 15) is 8.78 Å². The molecule has 0 saturated heterocycles. The predicted octanol–water partition coefficient (Wildman–Crippen LogP) is 2.83. The minimum absolute atomic E-state index is 0.00854. The maximum atomic E-state index is 12.6. The van der Waals surface area contributed by atoms with Crippen LogP contribution in [-0.2, 0) is 4.74 Å². The van der Waals surface area contributed by atoms with Crippen LogP contribution < -0.4 is 0 Å². The van der Waals surface area contributed by atoms with E-state index in [1.165, 1.54) is 0 Å². The standard InChI is InChI=1S/C8H13BrF2O/c1-12-3-2-7(6-9)4-8(10,11)5-7/h2-6H2,1H3. The highest BCUT2D eigenvalue weighted by Crippen LogP contribution is 2.54. The van der Waals surface area contributed by atoms with Gasteiger partial charge in [0.05, 0.1) is 0 Å². The summed E-state index contributed by atoms with van der Waals surface area (Å²) < 4.78 is 30.0. The molecule has 0 aliphatic heterocycles. The van der Waals surface area contributed by atoms with Gasteiger partial charge in [-0.3, -0.25) is 0 Å². The van der Waals surface area contributed by atoms with E-state index in [1.54, 1.807) is 7.11 Å². The topological polar surface area (TPSA) is 9.23 Å². The zero-order valence-electron chi connectivity index (χ0n) is 7.08. The third kappa shape index (κ3) is 2.16. The molecule has 0 aromatic rings. The molecule has 0 N–H and O–H groups in total. The van der Waals surface area contributed by atoms with E-state index in [4.69, 9.17) is 4.74 Å². The van der Waals surface area contributed by atoms with Gasteiger partial charge in [0.25, 0.3) is 0 Å². The summed E-state index contributed by atoms with van der Waals surface area (Å²) in [5.74, 6) is -2.43. The fourth-order valence-corrected chi connectivity index (χ4v) is 2.38. The molecule has 12 heavy (non-hydrogen) atoms. The number of hydrogen-bond acceptors (Lipinski definition) is 1. The van der Waals surface area contributed by atoms with Crippen molar-refractivity contribution < 1.29 is 13.5 Å². The molecule has 1 rings (SSSR count). The van der Waals surface area contributed by atoms with Crippen LogP contribution in [0.1, 0.15) is 19.3 Å². The first-order valence-corrected chi connectivity index (χ1v) is 5.08. The first-order valence-electron chi connectivity index (χ1n) is 3.96. The Kier molecular flexibility index (Phi) is 3.10. The van der Waals surface area contributed by atoms with Crippen LogP contribution in [0.5, 0.6) is 0 Å². The summed E-state index contributed by atoms with van der Waals surface area (Å²) in [6.07, 6.45) is 0.744. The Morgan fingerprint density at radius 3 is 2.33 bits per heavy atom. The SMILES string of the molecule is COCCC1(CBr)CC(F)(F)C1. The lowest BCUT2D eigenvalue weighted by atomic mass is 9.66. The Labute approximate surface area is 79.6 Å². The predicted molar refractivity (Wildman–Crippen MR) is 46.9 cm³/mol. The Balaban J connectivity index is 2.36. The van der Waals surface area contributed by atoms with E-state index >= 15 is 0 Å². The van der Waals surface area contributed by atoms with Crippen LogP contribution in [-0.4, -0.2) is 25.0 Å². The van der Waals surface area contributed by atoms with E-state index in [-0.39, 0.29) is 18.3 Å². The zero-order chi connectivity index (χ0) is 9.24. The van der Waals surface area contributed by atoms with Crippen LogP contribution in [0.3, 0.4) is 0 Å². The van der Waals surface area contributed by atoms with Crippen molar-refractivity contribution in [2.24, 2.45) is 5.41 Å². The molecule has 0 bridgehead atoms. The smallest absolute Gasteiger partial charge is 0.249 e. The summed E-state index contributed by atoms with van der Waals surface area (Å²) in [7, 11) is 1.60. The molecular formula is C8H13BrF2O. The van der Waals surface area contributed by atoms with Gasteiger partial charge in [-0.1, -0.05) is 15.9 Å². The molecule has 1 fully saturated rings. The zero-order valence-corrected chi connectivity index (χ0v) is 8.66. The van der Waals surface area contributed by atoms with Crippen molar-refractivity contribution in [1.29, 1.82) is 0 Å². The summed E-state index contributed by atoms with van der Waals surface area (Å²) >= 11 is 3.28. The van der Waals surface area contributed by atoms with Gasteiger partial charge in [0.15, 0.2) is 0 Å². The molecule has 1 nitrogen and oxygen atoms in total. The minimum Gasteiger partial charge on any atom is -0.385 e. The molecule has 0 radical (unpaired) electrons. The van der Waals surface area contributed by atoms with Crippen molar-refractivity contribution in [3.8, 4) is 0 Å². The highest BCUT2D eigenvalue weighted by atomic mass is 79.9. The van der Waals surface area contributed by atoms with Crippen molar-refractivity contribution in [3.63, 3.8) is 0 Å². The van der Waals surface area contributed by atoms with Crippen LogP contribution in [0.4, 0.5) is 8.78 Å². The monoisotopic (exact) mass is 242 g/mol. The number of hydrogen-bond donors (Lipinski definition) is 0. The summed E-state index contributed by atoms with van der Waals surface area (Å²) in [6, 6.07) is 0. The van der Waals surface area contributed by atoms with Crippen molar-refractivity contribution in [2.75, 3.05) is 19.0 Å². The van der Waals surface area contributed by atoms with Gasteiger partial charge < -0.3 is 4.74 Å². The molecule has 0 heterocycles. The second-order valence-electron chi connectivity index (χ2n) is 3.59. The average molecular weight is 243 g/mol. The van der Waals surface area contributed by atoms with Crippen LogP contribution in [0, 0.1) is 5.41 Å². The molecule has 1 aliphatic carbocycles. The second-order valence-corrected chi connectivity index (χ2v) is 4.15. The van der Waals surface area contributed by atoms with Crippen LogP contribution in [0.2, 0.25) is 0 Å². The quantitative estimate of drug-likeness (QED) is 0.690. The van der Waals surface area contributed by atoms with Crippen LogP contribution in [0.15, 0.2) is 0 Å². The van der Waals surface area contributed by atoms with Crippen LogP contribution >= 0.6 is 15.9 Å². The van der Waals surface area contributed by atoms with Gasteiger partial charge >= 0.3 is 0 Å². The lowest BCUT2D eigenvalue weighted by Crippen LogP contribution is -2.47. The number of rotatable bonds is 4. The van der Waals surface area contributed by atoms with E-state index in [0.717, 1.165) is 6.42 Å². The average Bonchev–Trinajstić information content (AvgIpc) is 1.96. The number of methoxy groups -OCH3 is 1. The van der Waals surface area contributed by atoms with Crippen molar-refractivity contribution >= 4 is 15.9 Å². The molecule has 0 spiro atoms. The lowest BCUT2D eigenvalue weighted by molar-refractivity contribution is -0.157. The molecule has 1 aliphatic rings. The van der Waals surface area contributed by atoms with Crippen molar-refractivity contribution in [2.45, 2.75) is 25.2 Å². The summed E-state index contributed by atoms with van der Waals surface area (Å²) in [4.78, 5) is 0. The van der Waals surface area contributed by atoms with Gasteiger partial charge in [-0.2, -0.15) is 0 Å². The van der Waals surface area contributed by atoms with Gasteiger partial charge in [0.1, 0.15) is 0 Å². The number of halogens is 3. The molecule has 1 saturated carbocycles. The van der Waals surface area contributed by atoms with Gasteiger partial charge in [0.2, 0.25) is 5.92 Å². The Bertz CT molecular complexity index is 153. The van der Waals surface area contributed by atoms with E-state index in [1.807, 2.05) is 0 Å². The summed E-state index contributed by atoms with van der Waals surface area (Å²) in [5, 5.41) is 0.652. The van der Waals surface area contributed by atoms with Gasteiger partial charge in [-0.25, -0.2) is 8.78 Å². The molecular weight excluding hydrogens is 230 g/mol. The third-order valence-corrected chi connectivity index (χ3v) is 3.58. The van der Waals surface area contributed by atoms with E-state index in [2.05, 4.69) is 15.9 Å². The summed E-state index contributed by atoms with van der Waals surface area (Å²) in [6.45, 7) is 0.571. The molecule has 0 atom stereocenters. The summed E-state index contributed by atoms with van der Waals surface area (Å²) in [5.41, 5.74) is -0.209. The Morgan fingerprint density at radius 2 is 2.00 bits per heavy atom. The highest BCUT2D eigenvalue weighted by Gasteiger charge is 2.55. The first-order chi connectivity index (χ1) is 5.54.